The molecule has 1 aromatic heterocycles. The molecule has 0 radical (unpaired) electrons. The second kappa shape index (κ2) is 7.31. The van der Waals surface area contributed by atoms with Gasteiger partial charge in [-0.25, -0.2) is 4.79 Å². The Morgan fingerprint density at radius 2 is 2.22 bits per heavy atom. The summed E-state index contributed by atoms with van der Waals surface area (Å²) in [4.78, 5) is 14.1. The van der Waals surface area contributed by atoms with Gasteiger partial charge in [-0.3, -0.25) is 4.68 Å². The van der Waals surface area contributed by atoms with Crippen molar-refractivity contribution in [3.8, 4) is 0 Å². The molecule has 1 N–H and O–H groups in total. The third kappa shape index (κ3) is 4.68. The maximum absolute atomic E-state index is 12.3. The molecule has 0 aromatic carbocycles. The van der Waals surface area contributed by atoms with Gasteiger partial charge in [-0.1, -0.05) is 0 Å². The summed E-state index contributed by atoms with van der Waals surface area (Å²) < 4.78 is 12.5. The SMILES string of the molecule is COCCC1C(NCc2ccnn2C)CN1C(=O)OC(C)(C)C. The fraction of sp³-hybridized carbons (Fsp3) is 0.750. The molecule has 23 heavy (non-hydrogen) atoms. The van der Waals surface area contributed by atoms with Crippen LogP contribution in [-0.4, -0.2) is 58.7 Å². The smallest absolute Gasteiger partial charge is 0.410 e. The van der Waals surface area contributed by atoms with Crippen LogP contribution in [-0.2, 0) is 23.1 Å². The van der Waals surface area contributed by atoms with Crippen LogP contribution in [0.15, 0.2) is 12.3 Å². The number of aryl methyl sites for hydroxylation is 1. The van der Waals surface area contributed by atoms with Crippen molar-refractivity contribution in [1.82, 2.24) is 20.0 Å². The van der Waals surface area contributed by atoms with E-state index in [-0.39, 0.29) is 18.2 Å². The first-order valence-corrected chi connectivity index (χ1v) is 8.00. The third-order valence-corrected chi connectivity index (χ3v) is 3.97. The van der Waals surface area contributed by atoms with Crippen molar-refractivity contribution in [3.63, 3.8) is 0 Å². The van der Waals surface area contributed by atoms with Crippen LogP contribution in [0.2, 0.25) is 0 Å². The van der Waals surface area contributed by atoms with Gasteiger partial charge in [-0.2, -0.15) is 5.10 Å². The first-order valence-electron chi connectivity index (χ1n) is 8.00. The zero-order valence-corrected chi connectivity index (χ0v) is 14.7. The summed E-state index contributed by atoms with van der Waals surface area (Å²) in [6.07, 6.45) is 2.32. The zero-order chi connectivity index (χ0) is 17.0. The number of carbonyl (C=O) groups is 1. The monoisotopic (exact) mass is 324 g/mol. The lowest BCUT2D eigenvalue weighted by Crippen LogP contribution is -2.67. The fourth-order valence-corrected chi connectivity index (χ4v) is 2.69. The minimum absolute atomic E-state index is 0.0954. The van der Waals surface area contributed by atoms with Gasteiger partial charge in [-0.05, 0) is 33.3 Å². The molecular weight excluding hydrogens is 296 g/mol. The number of nitrogens with one attached hydrogen (secondary N) is 1. The number of methoxy groups -OCH3 is 1. The third-order valence-electron chi connectivity index (χ3n) is 3.97. The Morgan fingerprint density at radius 3 is 2.78 bits per heavy atom. The summed E-state index contributed by atoms with van der Waals surface area (Å²) >= 11 is 0. The van der Waals surface area contributed by atoms with Crippen LogP contribution < -0.4 is 5.32 Å². The molecule has 7 nitrogen and oxygen atoms in total. The molecule has 1 fully saturated rings. The Morgan fingerprint density at radius 1 is 1.48 bits per heavy atom. The van der Waals surface area contributed by atoms with E-state index < -0.39 is 5.60 Å². The van der Waals surface area contributed by atoms with Gasteiger partial charge in [0.1, 0.15) is 5.60 Å². The standard InChI is InChI=1S/C16H28N4O3/c1-16(2,3)23-15(21)20-11-13(14(20)7-9-22-5)17-10-12-6-8-18-19(12)4/h6,8,13-14,17H,7,9-11H2,1-5H3. The van der Waals surface area contributed by atoms with Gasteiger partial charge in [0, 0.05) is 46.1 Å². The van der Waals surface area contributed by atoms with Gasteiger partial charge < -0.3 is 19.7 Å². The Bertz CT molecular complexity index is 524. The molecule has 0 bridgehead atoms. The molecular formula is C16H28N4O3. The van der Waals surface area contributed by atoms with Gasteiger partial charge in [0.25, 0.3) is 0 Å². The molecule has 2 heterocycles. The average Bonchev–Trinajstić information content (AvgIpc) is 2.81. The van der Waals surface area contributed by atoms with Crippen LogP contribution in [0.3, 0.4) is 0 Å². The molecule has 1 saturated heterocycles. The molecule has 7 heteroatoms. The Kier molecular flexibility index (Phi) is 5.64. The van der Waals surface area contributed by atoms with Crippen molar-refractivity contribution < 1.29 is 14.3 Å². The molecule has 1 aliphatic rings. The molecule has 1 aliphatic heterocycles. The van der Waals surface area contributed by atoms with Crippen molar-refractivity contribution >= 4 is 6.09 Å². The van der Waals surface area contributed by atoms with E-state index in [1.165, 1.54) is 0 Å². The average molecular weight is 324 g/mol. The second-order valence-electron chi connectivity index (χ2n) is 6.92. The predicted molar refractivity (Wildman–Crippen MR) is 87.1 cm³/mol. The number of carbonyl (C=O) groups excluding carboxylic acids is 1. The number of hydrogen-bond donors (Lipinski definition) is 1. The predicted octanol–water partition coefficient (Wildman–Crippen LogP) is 1.53. The van der Waals surface area contributed by atoms with Crippen molar-refractivity contribution in [2.45, 2.75) is 51.4 Å². The normalized spacial score (nSPS) is 21.2. The van der Waals surface area contributed by atoms with E-state index in [1.54, 1.807) is 18.2 Å². The van der Waals surface area contributed by atoms with E-state index in [0.717, 1.165) is 18.7 Å². The molecule has 0 aliphatic carbocycles. The molecule has 2 atom stereocenters. The minimum atomic E-state index is -0.476. The van der Waals surface area contributed by atoms with Crippen LogP contribution in [0, 0.1) is 0 Å². The Hall–Kier alpha value is -1.60. The number of amides is 1. The number of aromatic nitrogens is 2. The number of nitrogens with zero attached hydrogens (tertiary/aromatic N) is 3. The van der Waals surface area contributed by atoms with E-state index in [2.05, 4.69) is 10.4 Å². The topological polar surface area (TPSA) is 68.6 Å². The summed E-state index contributed by atoms with van der Waals surface area (Å²) in [6, 6.07) is 2.33. The Labute approximate surface area is 137 Å². The lowest BCUT2D eigenvalue weighted by molar-refractivity contribution is -0.0257. The summed E-state index contributed by atoms with van der Waals surface area (Å²) in [5, 5.41) is 7.67. The molecule has 2 unspecified atom stereocenters. The van der Waals surface area contributed by atoms with Gasteiger partial charge in [-0.15, -0.1) is 0 Å². The van der Waals surface area contributed by atoms with Crippen molar-refractivity contribution in [2.24, 2.45) is 7.05 Å². The van der Waals surface area contributed by atoms with Crippen LogP contribution in [0.1, 0.15) is 32.9 Å². The lowest BCUT2D eigenvalue weighted by atomic mass is 9.94. The van der Waals surface area contributed by atoms with Gasteiger partial charge in [0.2, 0.25) is 0 Å². The summed E-state index contributed by atoms with van der Waals surface area (Å²) in [5.74, 6) is 0. The van der Waals surface area contributed by atoms with Crippen LogP contribution in [0.4, 0.5) is 4.79 Å². The van der Waals surface area contributed by atoms with E-state index in [9.17, 15) is 4.79 Å². The summed E-state index contributed by atoms with van der Waals surface area (Å²) in [7, 11) is 3.60. The number of rotatable bonds is 6. The van der Waals surface area contributed by atoms with Gasteiger partial charge >= 0.3 is 6.09 Å². The quantitative estimate of drug-likeness (QED) is 0.859. The largest absolute Gasteiger partial charge is 0.444 e. The van der Waals surface area contributed by atoms with E-state index >= 15 is 0 Å². The van der Waals surface area contributed by atoms with Crippen LogP contribution in [0.25, 0.3) is 0 Å². The van der Waals surface area contributed by atoms with E-state index in [0.29, 0.717) is 13.2 Å². The van der Waals surface area contributed by atoms with Crippen molar-refractivity contribution in [1.29, 1.82) is 0 Å². The zero-order valence-electron chi connectivity index (χ0n) is 14.7. The first-order chi connectivity index (χ1) is 10.8. The highest BCUT2D eigenvalue weighted by Gasteiger charge is 2.43. The highest BCUT2D eigenvalue weighted by atomic mass is 16.6. The number of likely N-dealkylation sites (tertiary alicyclic amines) is 1. The molecule has 1 amide bonds. The lowest BCUT2D eigenvalue weighted by Gasteiger charge is -2.48. The highest BCUT2D eigenvalue weighted by molar-refractivity contribution is 5.70. The highest BCUT2D eigenvalue weighted by Crippen LogP contribution is 2.24. The number of ether oxygens (including phenoxy) is 2. The second-order valence-corrected chi connectivity index (χ2v) is 6.92. The van der Waals surface area contributed by atoms with Crippen molar-refractivity contribution in [2.75, 3.05) is 20.3 Å². The van der Waals surface area contributed by atoms with Gasteiger partial charge in [0.15, 0.2) is 0 Å². The fourth-order valence-electron chi connectivity index (χ4n) is 2.69. The minimum Gasteiger partial charge on any atom is -0.444 e. The first kappa shape index (κ1) is 17.7. The number of hydrogen-bond acceptors (Lipinski definition) is 5. The maximum atomic E-state index is 12.3. The Balaban J connectivity index is 1.90. The van der Waals surface area contributed by atoms with Gasteiger partial charge in [0.05, 0.1) is 11.7 Å². The van der Waals surface area contributed by atoms with E-state index in [1.807, 2.05) is 38.6 Å². The van der Waals surface area contributed by atoms with Crippen molar-refractivity contribution in [3.05, 3.63) is 18.0 Å². The molecule has 1 aromatic rings. The molecule has 0 spiro atoms. The van der Waals surface area contributed by atoms with E-state index in [4.69, 9.17) is 9.47 Å². The van der Waals surface area contributed by atoms with Crippen LogP contribution >= 0.6 is 0 Å². The maximum Gasteiger partial charge on any atom is 0.410 e. The van der Waals surface area contributed by atoms with Crippen LogP contribution in [0.5, 0.6) is 0 Å². The molecule has 0 saturated carbocycles. The molecule has 2 rings (SSSR count). The summed E-state index contributed by atoms with van der Waals surface area (Å²) in [6.45, 7) is 7.65. The molecule has 130 valence electrons. The summed E-state index contributed by atoms with van der Waals surface area (Å²) in [5.41, 5.74) is 0.641.